The Balaban J connectivity index is 0.000000460. The Labute approximate surface area is 788 Å². The molecule has 2 aromatic carbocycles. The normalized spacial score (nSPS) is 20.0. The number of ether oxygens (including phenoxy) is 18. The Morgan fingerprint density at radius 2 is 0.659 bits per heavy atom. The van der Waals surface area contributed by atoms with Gasteiger partial charge in [0.2, 0.25) is 23.0 Å². The van der Waals surface area contributed by atoms with Crippen molar-refractivity contribution in [2.75, 3.05) is 98.6 Å². The summed E-state index contributed by atoms with van der Waals surface area (Å²) >= 11 is 0. The number of unbranched alkanes of at least 4 members (excludes halogenated alkanes) is 30. The van der Waals surface area contributed by atoms with Gasteiger partial charge in [0.05, 0.1) is 124 Å². The first-order valence-electron chi connectivity index (χ1n) is 50.5. The molecule has 0 N–H and O–H groups in total. The van der Waals surface area contributed by atoms with Crippen molar-refractivity contribution in [3.05, 3.63) is 22.3 Å². The second-order valence-electron chi connectivity index (χ2n) is 39.4. The molecule has 2 aromatic rings. The lowest BCUT2D eigenvalue weighted by molar-refractivity contribution is -0.150. The van der Waals surface area contributed by atoms with Gasteiger partial charge in [0.15, 0.2) is 39.6 Å². The lowest BCUT2D eigenvalue weighted by Crippen LogP contribution is -2.42. The molecule has 4 saturated heterocycles. The van der Waals surface area contributed by atoms with Crippen molar-refractivity contribution < 1.29 is 98.9 Å². The SMILES string of the molecule is C#CCCCCCCCCCCC(O[Si](C)(C)C(C)(C)C)c1c(C)c(OC)c(OC)c(OC)c1OC.CCCCCCCCCC[C@H](OCOC)[C@@H]1CC[C@@H]([C@@H]2CC[C@@H](C(C#CCCCCCCCCCCC(O[Si](C)(C)C(C)(C)C)c3c(C)c(OC)c(OC)c(OC)c3OC)OCOC)O2)O1.CCCCCCCCCC[C@H](OCOC)[C@@H]1CC[C@@H]([C@@H]2CC[C@@H](C=O)O2)O1. The van der Waals surface area contributed by atoms with Crippen molar-refractivity contribution in [2.24, 2.45) is 0 Å². The minimum Gasteiger partial charge on any atom is -0.492 e. The third-order valence-electron chi connectivity index (χ3n) is 27.6. The standard InChI is InChI=1S/C54H96O11Si.C30H52O5Si.C22H40O5/c1-14-15-16-17-18-23-26-29-32-42(61-39-55-6)44-35-37-46(63-44)47-38-36-45(64-47)43(62-40-56-7)33-30-27-24-21-19-20-22-25-28-31-34-48(65-66(12,13)54(3,4)5)49-41(2)50(57-8)52(59-10)53(60-11)51(49)58-9;1-12-13-14-15-16-17-18-19-20-21-22-24(35-36(10,11)30(3,4)5)25-23(2)26(31-6)28(33-8)29(34-9)27(25)32-7;1-3-4-5-6-7-8-9-10-11-19(25-17-24-2)20-14-15-22(27-20)21-13-12-18(16-23)26-21/h42-48H,14-29,31-32,34-40H2,1-13H3;1,24H,13-22H2,2-11H3;16,18-22H,3-15,17H2,1-2H3/t42-,43?,44-,45-,46-,47-,48?;;18-,19-,20-,21-,22-/m0.0/s1. The Hall–Kier alpha value is -4.42. The van der Waals surface area contributed by atoms with Crippen molar-refractivity contribution in [2.45, 2.75) is 480 Å². The van der Waals surface area contributed by atoms with E-state index >= 15 is 0 Å². The Bertz CT molecular complexity index is 3380. The zero-order valence-electron chi connectivity index (χ0n) is 86.4. The molecule has 6 rings (SSSR count). The summed E-state index contributed by atoms with van der Waals surface area (Å²) in [6, 6.07) is 0. The van der Waals surface area contributed by atoms with Crippen LogP contribution < -0.4 is 37.9 Å². The fourth-order valence-electron chi connectivity index (χ4n) is 18.1. The monoisotopic (exact) mass is 1850 g/mol. The van der Waals surface area contributed by atoms with Crippen molar-refractivity contribution in [1.29, 1.82) is 0 Å². The first-order chi connectivity index (χ1) is 62.1. The largest absolute Gasteiger partial charge is 0.492 e. The van der Waals surface area contributed by atoms with E-state index in [2.05, 4.69) is 113 Å². The van der Waals surface area contributed by atoms with Crippen molar-refractivity contribution in [3.8, 4) is 70.2 Å². The van der Waals surface area contributed by atoms with Gasteiger partial charge in [0.25, 0.3) is 0 Å². The fourth-order valence-corrected chi connectivity index (χ4v) is 20.7. The van der Waals surface area contributed by atoms with Gasteiger partial charge in [-0.15, -0.1) is 18.3 Å². The molecule has 0 saturated carbocycles. The predicted molar refractivity (Wildman–Crippen MR) is 528 cm³/mol. The summed E-state index contributed by atoms with van der Waals surface area (Å²) in [7, 11) is 14.0. The summed E-state index contributed by atoms with van der Waals surface area (Å²) in [5.41, 5.74) is 3.93. The molecule has 3 unspecified atom stereocenters. The number of carbonyl (C=O) groups is 1. The van der Waals surface area contributed by atoms with Crippen LogP contribution >= 0.6 is 0 Å². The second kappa shape index (κ2) is 66.1. The predicted octanol–water partition coefficient (Wildman–Crippen LogP) is 27.0. The maximum atomic E-state index is 10.9. The fraction of sp³-hybridized carbons (Fsp3) is 0.840. The third kappa shape index (κ3) is 40.4. The maximum absolute atomic E-state index is 10.9. The number of hydrogen-bond donors (Lipinski definition) is 0. The van der Waals surface area contributed by atoms with E-state index in [0.717, 1.165) is 151 Å². The number of carbonyl (C=O) groups excluding carboxylic acids is 1. The smallest absolute Gasteiger partial charge is 0.207 e. The maximum Gasteiger partial charge on any atom is 0.207 e. The van der Waals surface area contributed by atoms with E-state index in [1.165, 1.54) is 173 Å². The molecular weight excluding hydrogens is 1670 g/mol. The molecule has 129 heavy (non-hydrogen) atoms. The highest BCUT2D eigenvalue weighted by Crippen LogP contribution is 2.56. The van der Waals surface area contributed by atoms with Gasteiger partial charge < -0.3 is 98.9 Å². The summed E-state index contributed by atoms with van der Waals surface area (Å²) < 4.78 is 120. The Morgan fingerprint density at radius 1 is 0.364 bits per heavy atom. The van der Waals surface area contributed by atoms with E-state index in [1.54, 1.807) is 78.2 Å². The third-order valence-corrected chi connectivity index (χ3v) is 36.6. The van der Waals surface area contributed by atoms with Crippen LogP contribution in [0.1, 0.15) is 385 Å². The molecule has 4 aliphatic heterocycles. The van der Waals surface area contributed by atoms with E-state index in [1.807, 2.05) is 0 Å². The average molecular weight is 1850 g/mol. The number of benzene rings is 2. The quantitative estimate of drug-likeness (QED) is 0.0199. The summed E-state index contributed by atoms with van der Waals surface area (Å²) in [6.45, 7) is 32.4. The molecule has 746 valence electrons. The van der Waals surface area contributed by atoms with Gasteiger partial charge in [-0.2, -0.15) is 0 Å². The van der Waals surface area contributed by atoms with Gasteiger partial charge in [0, 0.05) is 56.4 Å². The Kier molecular flexibility index (Phi) is 59.9. The van der Waals surface area contributed by atoms with Crippen LogP contribution in [0.4, 0.5) is 0 Å². The van der Waals surface area contributed by atoms with Crippen LogP contribution in [-0.4, -0.2) is 189 Å². The van der Waals surface area contributed by atoms with E-state index in [4.69, 9.17) is 101 Å². The van der Waals surface area contributed by atoms with Gasteiger partial charge in [-0.25, -0.2) is 0 Å². The average Bonchev–Trinajstić information content (AvgIpc) is 1.49. The van der Waals surface area contributed by atoms with Crippen molar-refractivity contribution >= 4 is 22.9 Å². The minimum absolute atomic E-state index is 0.0492. The zero-order valence-corrected chi connectivity index (χ0v) is 88.4. The number of methoxy groups -OCH3 is 11. The molecule has 4 fully saturated rings. The van der Waals surface area contributed by atoms with E-state index in [-0.39, 0.29) is 96.2 Å². The molecule has 4 aliphatic rings. The molecule has 0 spiro atoms. The summed E-state index contributed by atoms with van der Waals surface area (Å²) in [4.78, 5) is 10.9. The van der Waals surface area contributed by atoms with Crippen LogP contribution in [0.3, 0.4) is 0 Å². The zero-order chi connectivity index (χ0) is 95.1. The molecule has 23 heteroatoms. The highest BCUT2D eigenvalue weighted by atomic mass is 28.4. The van der Waals surface area contributed by atoms with Gasteiger partial charge >= 0.3 is 0 Å². The van der Waals surface area contributed by atoms with Crippen LogP contribution in [-0.2, 0) is 61.0 Å². The van der Waals surface area contributed by atoms with Crippen molar-refractivity contribution in [3.63, 3.8) is 0 Å². The lowest BCUT2D eigenvalue weighted by atomic mass is 9.95. The molecule has 21 nitrogen and oxygen atoms in total. The summed E-state index contributed by atoms with van der Waals surface area (Å²) in [6.07, 6.45) is 59.3. The Morgan fingerprint density at radius 3 is 0.984 bits per heavy atom. The molecule has 4 heterocycles. The first kappa shape index (κ1) is 117. The van der Waals surface area contributed by atoms with Gasteiger partial charge in [-0.05, 0) is 140 Å². The van der Waals surface area contributed by atoms with Gasteiger partial charge in [-0.3, -0.25) is 0 Å². The number of aldehydes is 1. The number of rotatable bonds is 67. The van der Waals surface area contributed by atoms with Crippen LogP contribution in [0.5, 0.6) is 46.0 Å². The highest BCUT2D eigenvalue weighted by Gasteiger charge is 2.46. The van der Waals surface area contributed by atoms with E-state index in [9.17, 15) is 4.79 Å². The van der Waals surface area contributed by atoms with Crippen LogP contribution in [0, 0.1) is 38.0 Å². The van der Waals surface area contributed by atoms with Crippen LogP contribution in [0.2, 0.25) is 36.3 Å². The molecule has 0 aliphatic carbocycles. The molecule has 0 amide bonds. The summed E-state index contributed by atoms with van der Waals surface area (Å²) in [5.74, 6) is 14.4. The number of hydrogen-bond acceptors (Lipinski definition) is 21. The molecule has 13 atom stereocenters. The lowest BCUT2D eigenvalue weighted by Gasteiger charge is -2.40. The van der Waals surface area contributed by atoms with Crippen LogP contribution in [0.25, 0.3) is 0 Å². The molecule has 0 bridgehead atoms. The summed E-state index contributed by atoms with van der Waals surface area (Å²) in [5, 5.41) is 0.145. The second-order valence-corrected chi connectivity index (χ2v) is 48.9. The van der Waals surface area contributed by atoms with E-state index < -0.39 is 16.6 Å². The van der Waals surface area contributed by atoms with Gasteiger partial charge in [-0.1, -0.05) is 254 Å². The topological polar surface area (TPSA) is 202 Å². The highest BCUT2D eigenvalue weighted by molar-refractivity contribution is 6.74. The van der Waals surface area contributed by atoms with Crippen LogP contribution in [0.15, 0.2) is 0 Å². The molecule has 0 aromatic heterocycles. The number of terminal acetylenes is 1. The van der Waals surface area contributed by atoms with E-state index in [0.29, 0.717) is 59.6 Å². The minimum atomic E-state index is -2.14. The van der Waals surface area contributed by atoms with Gasteiger partial charge in [0.1, 0.15) is 38.9 Å². The molecular formula is C106H188O21Si2. The van der Waals surface area contributed by atoms with Crippen molar-refractivity contribution in [1.82, 2.24) is 0 Å². The molecule has 0 radical (unpaired) electrons. The first-order valence-corrected chi connectivity index (χ1v) is 56.3.